The van der Waals surface area contributed by atoms with E-state index in [0.717, 1.165) is 0 Å². The fourth-order valence-electron chi connectivity index (χ4n) is 3.06. The van der Waals surface area contributed by atoms with Crippen LogP contribution in [-0.4, -0.2) is 55.3 Å². The van der Waals surface area contributed by atoms with Crippen LogP contribution in [0.5, 0.6) is 6.01 Å². The molecule has 9 nitrogen and oxygen atoms in total. The topological polar surface area (TPSA) is 95.0 Å². The van der Waals surface area contributed by atoms with Gasteiger partial charge in [-0.15, -0.1) is 0 Å². The van der Waals surface area contributed by atoms with Crippen molar-refractivity contribution < 1.29 is 18.0 Å². The van der Waals surface area contributed by atoms with Crippen LogP contribution in [0.3, 0.4) is 0 Å². The number of alkyl halides is 2. The largest absolute Gasteiger partial charge is 0.463 e. The normalized spacial score (nSPS) is 16.7. The minimum atomic E-state index is -2.76. The predicted molar refractivity (Wildman–Crippen MR) is 100 cm³/mol. The molecule has 0 aromatic carbocycles. The molecule has 156 valence electrons. The van der Waals surface area contributed by atoms with Gasteiger partial charge >= 0.3 is 6.01 Å². The van der Waals surface area contributed by atoms with Crippen molar-refractivity contribution in [1.29, 1.82) is 0 Å². The van der Waals surface area contributed by atoms with Crippen LogP contribution >= 0.6 is 0 Å². The third-order valence-electron chi connectivity index (χ3n) is 4.40. The summed E-state index contributed by atoms with van der Waals surface area (Å²) in [6.07, 6.45) is 1.34. The van der Waals surface area contributed by atoms with Gasteiger partial charge in [-0.25, -0.2) is 13.8 Å². The zero-order valence-corrected chi connectivity index (χ0v) is 16.8. The Kier molecular flexibility index (Phi) is 4.62. The number of imidazole rings is 1. The average Bonchev–Trinajstić information content (AvgIpc) is 3.31. The molecule has 4 rings (SSSR count). The Hall–Kier alpha value is -2.85. The first-order valence-electron chi connectivity index (χ1n) is 9.37. The molecule has 3 aromatic rings. The Morgan fingerprint density at radius 3 is 2.66 bits per heavy atom. The van der Waals surface area contributed by atoms with E-state index in [-0.39, 0.29) is 30.9 Å². The van der Waals surface area contributed by atoms with Crippen LogP contribution < -0.4 is 9.64 Å². The van der Waals surface area contributed by atoms with Crippen molar-refractivity contribution in [2.45, 2.75) is 46.6 Å². The fourth-order valence-corrected chi connectivity index (χ4v) is 3.06. The number of anilines is 1. The van der Waals surface area contributed by atoms with Crippen molar-refractivity contribution in [3.05, 3.63) is 18.0 Å². The van der Waals surface area contributed by atoms with E-state index >= 15 is 0 Å². The van der Waals surface area contributed by atoms with Crippen LogP contribution in [-0.2, 0) is 6.54 Å². The molecule has 0 N–H and O–H groups in total. The maximum atomic E-state index is 13.8. The summed E-state index contributed by atoms with van der Waals surface area (Å²) in [7, 11) is 0. The molecule has 0 radical (unpaired) electrons. The Bertz CT molecular complexity index is 1030. The number of aryl methyl sites for hydroxylation is 1. The minimum Gasteiger partial charge on any atom is -0.463 e. The van der Waals surface area contributed by atoms with Gasteiger partial charge in [0, 0.05) is 13.0 Å². The van der Waals surface area contributed by atoms with E-state index in [9.17, 15) is 8.78 Å². The molecule has 3 aromatic heterocycles. The molecule has 0 spiro atoms. The van der Waals surface area contributed by atoms with E-state index in [2.05, 4.69) is 25.1 Å². The Balaban J connectivity index is 1.74. The first kappa shape index (κ1) is 19.5. The number of nitrogens with zero attached hydrogens (tertiary/aromatic N) is 7. The van der Waals surface area contributed by atoms with Gasteiger partial charge in [-0.2, -0.15) is 15.0 Å². The van der Waals surface area contributed by atoms with Gasteiger partial charge in [-0.05, 0) is 12.3 Å². The quantitative estimate of drug-likeness (QED) is 0.637. The van der Waals surface area contributed by atoms with E-state index in [1.165, 1.54) is 4.90 Å². The molecule has 0 unspecified atom stereocenters. The lowest BCUT2D eigenvalue weighted by molar-refractivity contribution is 0.0257. The predicted octanol–water partition coefficient (Wildman–Crippen LogP) is 2.84. The molecular formula is C18H23F2N7O2. The number of hydrogen-bond acceptors (Lipinski definition) is 8. The van der Waals surface area contributed by atoms with Crippen LogP contribution in [0.15, 0.2) is 10.9 Å². The molecule has 0 saturated carbocycles. The summed E-state index contributed by atoms with van der Waals surface area (Å²) in [5.41, 5.74) is 0.785. The van der Waals surface area contributed by atoms with Gasteiger partial charge < -0.3 is 18.7 Å². The van der Waals surface area contributed by atoms with E-state index in [1.54, 1.807) is 17.8 Å². The molecule has 29 heavy (non-hydrogen) atoms. The lowest BCUT2D eigenvalue weighted by Crippen LogP contribution is -2.26. The zero-order chi connectivity index (χ0) is 20.8. The van der Waals surface area contributed by atoms with Crippen LogP contribution in [0, 0.1) is 12.3 Å². The van der Waals surface area contributed by atoms with Crippen LogP contribution in [0.4, 0.5) is 14.6 Å². The number of fused-ring (bicyclic) bond motifs is 1. The molecule has 1 fully saturated rings. The lowest BCUT2D eigenvalue weighted by atomic mass is 9.99. The van der Waals surface area contributed by atoms with Gasteiger partial charge in [0.25, 0.3) is 5.92 Å². The van der Waals surface area contributed by atoms with Crippen molar-refractivity contribution in [2.75, 3.05) is 24.6 Å². The standard InChI is InChI=1S/C18H23F2N7O2/c1-11-22-12(29-25-11)7-27-10-21-13-14(26-6-5-18(19,20)8-26)23-16(24-15(13)27)28-9-17(2,3)4/h10H,5-9H2,1-4H3. The third kappa shape index (κ3) is 4.28. The summed E-state index contributed by atoms with van der Waals surface area (Å²) in [5.74, 6) is -1.50. The van der Waals surface area contributed by atoms with E-state index in [4.69, 9.17) is 9.26 Å². The Morgan fingerprint density at radius 2 is 2.03 bits per heavy atom. The van der Waals surface area contributed by atoms with Gasteiger partial charge in [-0.3, -0.25) is 0 Å². The van der Waals surface area contributed by atoms with E-state index in [1.807, 2.05) is 20.8 Å². The fraction of sp³-hybridized carbons (Fsp3) is 0.611. The average molecular weight is 407 g/mol. The van der Waals surface area contributed by atoms with Crippen molar-refractivity contribution in [2.24, 2.45) is 5.41 Å². The van der Waals surface area contributed by atoms with Gasteiger partial charge in [0.2, 0.25) is 5.89 Å². The van der Waals surface area contributed by atoms with Crippen LogP contribution in [0.25, 0.3) is 11.2 Å². The second kappa shape index (κ2) is 6.89. The van der Waals surface area contributed by atoms with Gasteiger partial charge in [0.15, 0.2) is 22.8 Å². The summed E-state index contributed by atoms with van der Waals surface area (Å²) in [6, 6.07) is 0.126. The lowest BCUT2D eigenvalue weighted by Gasteiger charge is -2.20. The maximum Gasteiger partial charge on any atom is 0.320 e. The Labute approximate surface area is 166 Å². The van der Waals surface area contributed by atoms with Gasteiger partial charge in [0.1, 0.15) is 6.54 Å². The highest BCUT2D eigenvalue weighted by Crippen LogP contribution is 2.34. The minimum absolute atomic E-state index is 0.110. The zero-order valence-electron chi connectivity index (χ0n) is 16.8. The first-order chi connectivity index (χ1) is 13.6. The molecule has 4 heterocycles. The van der Waals surface area contributed by atoms with Crippen LogP contribution in [0.1, 0.15) is 38.9 Å². The molecule has 1 aliphatic heterocycles. The molecule has 0 aliphatic carbocycles. The highest BCUT2D eigenvalue weighted by Gasteiger charge is 2.40. The SMILES string of the molecule is Cc1noc(Cn2cnc3c(N4CCC(F)(F)C4)nc(OCC(C)(C)C)nc32)n1. The van der Waals surface area contributed by atoms with Crippen molar-refractivity contribution in [3.63, 3.8) is 0 Å². The van der Waals surface area contributed by atoms with E-state index in [0.29, 0.717) is 35.3 Å². The monoisotopic (exact) mass is 407 g/mol. The molecule has 0 atom stereocenters. The number of ether oxygens (including phenoxy) is 1. The number of hydrogen-bond donors (Lipinski definition) is 0. The van der Waals surface area contributed by atoms with Crippen LogP contribution in [0.2, 0.25) is 0 Å². The highest BCUT2D eigenvalue weighted by molar-refractivity contribution is 5.84. The van der Waals surface area contributed by atoms with Gasteiger partial charge in [0.05, 0.1) is 19.5 Å². The molecular weight excluding hydrogens is 384 g/mol. The Morgan fingerprint density at radius 1 is 1.24 bits per heavy atom. The highest BCUT2D eigenvalue weighted by atomic mass is 19.3. The third-order valence-corrected chi connectivity index (χ3v) is 4.40. The maximum absolute atomic E-state index is 13.8. The molecule has 1 saturated heterocycles. The summed E-state index contributed by atoms with van der Waals surface area (Å²) in [4.78, 5) is 19.0. The van der Waals surface area contributed by atoms with Crippen molar-refractivity contribution in [3.8, 4) is 6.01 Å². The van der Waals surface area contributed by atoms with Gasteiger partial charge in [-0.1, -0.05) is 25.9 Å². The van der Waals surface area contributed by atoms with Crippen molar-refractivity contribution in [1.82, 2.24) is 29.7 Å². The number of rotatable bonds is 5. The summed E-state index contributed by atoms with van der Waals surface area (Å²) in [5, 5.41) is 3.78. The molecule has 1 aliphatic rings. The second-order valence-electron chi connectivity index (χ2n) is 8.49. The second-order valence-corrected chi connectivity index (χ2v) is 8.49. The number of halogens is 2. The smallest absolute Gasteiger partial charge is 0.320 e. The summed E-state index contributed by atoms with van der Waals surface area (Å²) >= 11 is 0. The van der Waals surface area contributed by atoms with Crippen molar-refractivity contribution >= 4 is 17.0 Å². The summed E-state index contributed by atoms with van der Waals surface area (Å²) in [6.45, 7) is 8.21. The first-order valence-corrected chi connectivity index (χ1v) is 9.37. The molecule has 0 bridgehead atoms. The summed E-state index contributed by atoms with van der Waals surface area (Å²) < 4.78 is 40.3. The molecule has 0 amide bonds. The van der Waals surface area contributed by atoms with E-state index < -0.39 is 12.5 Å². The molecule has 11 heteroatoms. The number of aromatic nitrogens is 6.